The molecule has 2 nitrogen and oxygen atoms in total. The minimum atomic E-state index is -0.342. The summed E-state index contributed by atoms with van der Waals surface area (Å²) in [6.07, 6.45) is 5.39. The smallest absolute Gasteiger partial charge is 0.185 e. The van der Waals surface area contributed by atoms with E-state index in [1.807, 2.05) is 62.4 Å². The van der Waals surface area contributed by atoms with Crippen LogP contribution >= 0.6 is 11.6 Å². The first-order chi connectivity index (χ1) is 11.0. The van der Waals surface area contributed by atoms with Crippen LogP contribution in [0.1, 0.15) is 27.0 Å². The Morgan fingerprint density at radius 3 is 2.61 bits per heavy atom. The number of anilines is 1. The molecule has 0 saturated heterocycles. The Labute approximate surface area is 141 Å². The van der Waals surface area contributed by atoms with Crippen molar-refractivity contribution in [3.05, 3.63) is 82.4 Å². The first-order valence-corrected chi connectivity index (χ1v) is 7.99. The molecule has 3 rings (SSSR count). The van der Waals surface area contributed by atoms with Gasteiger partial charge in [-0.15, -0.1) is 0 Å². The van der Waals surface area contributed by atoms with Crippen LogP contribution in [0.3, 0.4) is 0 Å². The Balaban J connectivity index is 1.84. The van der Waals surface area contributed by atoms with E-state index in [2.05, 4.69) is 5.32 Å². The molecule has 0 unspecified atom stereocenters. The van der Waals surface area contributed by atoms with Crippen molar-refractivity contribution in [2.75, 3.05) is 5.32 Å². The van der Waals surface area contributed by atoms with E-state index in [1.54, 1.807) is 12.2 Å². The zero-order valence-corrected chi connectivity index (χ0v) is 13.9. The summed E-state index contributed by atoms with van der Waals surface area (Å²) in [4.78, 5) is 12.2. The number of rotatable bonds is 3. The molecule has 0 spiro atoms. The van der Waals surface area contributed by atoms with Crippen molar-refractivity contribution < 1.29 is 4.79 Å². The van der Waals surface area contributed by atoms with Crippen LogP contribution in [0, 0.1) is 13.8 Å². The summed E-state index contributed by atoms with van der Waals surface area (Å²) >= 11 is 6.39. The molecule has 2 aromatic rings. The van der Waals surface area contributed by atoms with Crippen molar-refractivity contribution in [1.29, 1.82) is 0 Å². The Bertz CT molecular complexity index is 803. The molecule has 0 aliphatic carbocycles. The van der Waals surface area contributed by atoms with Crippen LogP contribution in [0.2, 0.25) is 0 Å². The third-order valence-corrected chi connectivity index (χ3v) is 4.32. The number of nitrogens with one attached hydrogen (secondary N) is 1. The maximum atomic E-state index is 12.2. The molecule has 1 N–H and O–H groups in total. The number of ketones is 1. The van der Waals surface area contributed by atoms with Crippen molar-refractivity contribution in [3.63, 3.8) is 0 Å². The SMILES string of the molecule is Cc1ccc(C(=O)/C=C/C2=Cc3cccc(C)c3N[C@@H]2Cl)cc1. The minimum Gasteiger partial charge on any atom is -0.365 e. The van der Waals surface area contributed by atoms with Crippen LogP contribution in [-0.4, -0.2) is 11.3 Å². The quantitative estimate of drug-likeness (QED) is 0.368. The lowest BCUT2D eigenvalue weighted by atomic mass is 10.00. The lowest BCUT2D eigenvalue weighted by Crippen LogP contribution is -2.19. The number of hydrogen-bond acceptors (Lipinski definition) is 2. The third kappa shape index (κ3) is 3.38. The lowest BCUT2D eigenvalue weighted by molar-refractivity contribution is 0.104. The molecule has 1 aliphatic rings. The van der Waals surface area contributed by atoms with Crippen LogP contribution in [-0.2, 0) is 0 Å². The summed E-state index contributed by atoms with van der Waals surface area (Å²) in [7, 11) is 0. The number of benzene rings is 2. The molecule has 1 aliphatic heterocycles. The highest BCUT2D eigenvalue weighted by atomic mass is 35.5. The number of para-hydroxylation sites is 1. The van der Waals surface area contributed by atoms with Crippen LogP contribution in [0.5, 0.6) is 0 Å². The number of carbonyl (C=O) groups excluding carboxylic acids is 1. The zero-order chi connectivity index (χ0) is 16.4. The van der Waals surface area contributed by atoms with Crippen molar-refractivity contribution >= 4 is 29.1 Å². The fourth-order valence-corrected chi connectivity index (χ4v) is 2.83. The average molecular weight is 324 g/mol. The van der Waals surface area contributed by atoms with Crippen LogP contribution in [0.25, 0.3) is 6.08 Å². The van der Waals surface area contributed by atoms with Gasteiger partial charge >= 0.3 is 0 Å². The Hall–Kier alpha value is -2.32. The maximum Gasteiger partial charge on any atom is 0.185 e. The van der Waals surface area contributed by atoms with Crippen molar-refractivity contribution in [2.45, 2.75) is 19.3 Å². The molecule has 0 radical (unpaired) electrons. The van der Waals surface area contributed by atoms with E-state index in [0.29, 0.717) is 5.56 Å². The summed E-state index contributed by atoms with van der Waals surface area (Å²) < 4.78 is 0. The molecular formula is C20H18ClNO. The lowest BCUT2D eigenvalue weighted by Gasteiger charge is -2.23. The highest BCUT2D eigenvalue weighted by Gasteiger charge is 2.18. The predicted molar refractivity (Wildman–Crippen MR) is 97.1 cm³/mol. The van der Waals surface area contributed by atoms with Crippen LogP contribution in [0.4, 0.5) is 5.69 Å². The number of fused-ring (bicyclic) bond motifs is 1. The summed E-state index contributed by atoms with van der Waals surface area (Å²) in [5, 5.41) is 3.28. The number of hydrogen-bond donors (Lipinski definition) is 1. The third-order valence-electron chi connectivity index (χ3n) is 3.95. The topological polar surface area (TPSA) is 29.1 Å². The van der Waals surface area contributed by atoms with Gasteiger partial charge < -0.3 is 5.32 Å². The van der Waals surface area contributed by atoms with Gasteiger partial charge in [-0.25, -0.2) is 0 Å². The highest BCUT2D eigenvalue weighted by molar-refractivity contribution is 6.24. The van der Waals surface area contributed by atoms with Gasteiger partial charge in [-0.2, -0.15) is 0 Å². The second-order valence-electron chi connectivity index (χ2n) is 5.75. The van der Waals surface area contributed by atoms with Gasteiger partial charge in [0.05, 0.1) is 0 Å². The van der Waals surface area contributed by atoms with Crippen LogP contribution < -0.4 is 5.32 Å². The predicted octanol–water partition coefficient (Wildman–Crippen LogP) is 5.12. The molecule has 0 bridgehead atoms. The van der Waals surface area contributed by atoms with E-state index in [1.165, 1.54) is 0 Å². The molecular weight excluding hydrogens is 306 g/mol. The minimum absolute atomic E-state index is 0.0233. The monoisotopic (exact) mass is 323 g/mol. The number of allylic oxidation sites excluding steroid dienone is 1. The second kappa shape index (κ2) is 6.43. The Morgan fingerprint density at radius 1 is 1.13 bits per heavy atom. The fourth-order valence-electron chi connectivity index (χ4n) is 2.59. The molecule has 1 heterocycles. The molecule has 0 saturated carbocycles. The van der Waals surface area contributed by atoms with Crippen molar-refractivity contribution in [3.8, 4) is 0 Å². The summed E-state index contributed by atoms with van der Waals surface area (Å²) in [6, 6.07) is 13.6. The normalized spacial score (nSPS) is 16.7. The molecule has 23 heavy (non-hydrogen) atoms. The Kier molecular flexibility index (Phi) is 4.35. The van der Waals surface area contributed by atoms with Crippen molar-refractivity contribution in [2.24, 2.45) is 0 Å². The number of aryl methyl sites for hydroxylation is 2. The van der Waals surface area contributed by atoms with E-state index >= 15 is 0 Å². The maximum absolute atomic E-state index is 12.2. The van der Waals surface area contributed by atoms with Gasteiger partial charge in [-0.05, 0) is 42.7 Å². The largest absolute Gasteiger partial charge is 0.365 e. The van der Waals surface area contributed by atoms with E-state index in [0.717, 1.165) is 28.0 Å². The average Bonchev–Trinajstić information content (AvgIpc) is 2.54. The van der Waals surface area contributed by atoms with Gasteiger partial charge in [0.2, 0.25) is 0 Å². The highest BCUT2D eigenvalue weighted by Crippen LogP contribution is 2.31. The van der Waals surface area contributed by atoms with Gasteiger partial charge in [0, 0.05) is 11.3 Å². The molecule has 0 fully saturated rings. The number of carbonyl (C=O) groups is 1. The number of halogens is 1. The van der Waals surface area contributed by atoms with Gasteiger partial charge in [-0.3, -0.25) is 4.79 Å². The van der Waals surface area contributed by atoms with Gasteiger partial charge in [0.15, 0.2) is 5.78 Å². The van der Waals surface area contributed by atoms with E-state index in [4.69, 9.17) is 11.6 Å². The molecule has 2 aromatic carbocycles. The van der Waals surface area contributed by atoms with Crippen LogP contribution in [0.15, 0.2) is 60.2 Å². The molecule has 116 valence electrons. The first kappa shape index (κ1) is 15.6. The molecule has 0 aromatic heterocycles. The van der Waals surface area contributed by atoms with Crippen molar-refractivity contribution in [1.82, 2.24) is 0 Å². The summed E-state index contributed by atoms with van der Waals surface area (Å²) in [5.41, 5.74) is 5.65. The number of alkyl halides is 1. The molecule has 0 amide bonds. The molecule has 1 atom stereocenters. The second-order valence-corrected chi connectivity index (χ2v) is 6.19. The Morgan fingerprint density at radius 2 is 1.87 bits per heavy atom. The molecule has 3 heteroatoms. The van der Waals surface area contributed by atoms with Gasteiger partial charge in [0.25, 0.3) is 0 Å². The first-order valence-electron chi connectivity index (χ1n) is 7.55. The van der Waals surface area contributed by atoms with E-state index in [9.17, 15) is 4.79 Å². The van der Waals surface area contributed by atoms with Gasteiger partial charge in [-0.1, -0.05) is 65.7 Å². The summed E-state index contributed by atoms with van der Waals surface area (Å²) in [6.45, 7) is 4.05. The van der Waals surface area contributed by atoms with Gasteiger partial charge in [0.1, 0.15) is 5.50 Å². The van der Waals surface area contributed by atoms with E-state index in [-0.39, 0.29) is 11.3 Å². The zero-order valence-electron chi connectivity index (χ0n) is 13.1. The summed E-state index contributed by atoms with van der Waals surface area (Å²) in [5.74, 6) is -0.0233. The fraction of sp³-hybridized carbons (Fsp3) is 0.150. The van der Waals surface area contributed by atoms with E-state index < -0.39 is 0 Å². The standard InChI is InChI=1S/C20H18ClNO/c1-13-6-8-15(9-7-13)18(23)11-10-17-12-16-5-3-4-14(2)19(16)22-20(17)21/h3-12,20,22H,1-2H3/b11-10+/t20-/m0/s1.